The zero-order valence-corrected chi connectivity index (χ0v) is 31.0. The molecule has 4 N–H and O–H groups in total. The highest BCUT2D eigenvalue weighted by Gasteiger charge is 2.36. The van der Waals surface area contributed by atoms with E-state index >= 15 is 0 Å². The Bertz CT molecular complexity index is 599. The third kappa shape index (κ3) is 23.7. The van der Waals surface area contributed by atoms with E-state index in [9.17, 15) is 15.3 Å². The maximum Gasteiger partial charge on any atom is 0.500 e. The Hall–Kier alpha value is -0.223. The molecular formula is C33H72N2O9Si. The molecule has 0 aliphatic heterocycles. The molecule has 0 aromatic heterocycles. The highest BCUT2D eigenvalue weighted by molar-refractivity contribution is 6.60. The van der Waals surface area contributed by atoms with Crippen LogP contribution >= 0.6 is 0 Å². The summed E-state index contributed by atoms with van der Waals surface area (Å²) in [5.74, 6) is 1.04. The molecule has 0 aromatic rings. The number of hydrogen-bond donors (Lipinski definition) is 4. The lowest BCUT2D eigenvalue weighted by Gasteiger charge is -2.28. The molecule has 0 bridgehead atoms. The predicted octanol–water partition coefficient (Wildman–Crippen LogP) is 3.71. The van der Waals surface area contributed by atoms with E-state index < -0.39 is 27.1 Å². The van der Waals surface area contributed by atoms with E-state index in [1.807, 2.05) is 4.90 Å². The molecule has 272 valence electrons. The highest BCUT2D eigenvalue weighted by atomic mass is 28.4. The van der Waals surface area contributed by atoms with Gasteiger partial charge in [0, 0.05) is 79.9 Å². The summed E-state index contributed by atoms with van der Waals surface area (Å²) in [5, 5.41) is 35.2. The van der Waals surface area contributed by atoms with E-state index in [0.29, 0.717) is 76.8 Å². The van der Waals surface area contributed by atoms with Crippen molar-refractivity contribution < 1.29 is 42.8 Å². The normalized spacial score (nSPS) is 15.8. The van der Waals surface area contributed by atoms with E-state index in [-0.39, 0.29) is 19.8 Å². The number of nitrogens with zero attached hydrogens (tertiary/aromatic N) is 1. The summed E-state index contributed by atoms with van der Waals surface area (Å²) >= 11 is 0. The van der Waals surface area contributed by atoms with Gasteiger partial charge in [0.25, 0.3) is 0 Å². The zero-order valence-electron chi connectivity index (χ0n) is 30.0. The number of rotatable bonds is 34. The molecule has 5 unspecified atom stereocenters. The van der Waals surface area contributed by atoms with Crippen molar-refractivity contribution in [2.45, 2.75) is 110 Å². The van der Waals surface area contributed by atoms with Gasteiger partial charge < -0.3 is 48.1 Å². The van der Waals surface area contributed by atoms with Crippen molar-refractivity contribution in [3.8, 4) is 0 Å². The standard InChI is InChI=1S/C33H72N2O9Si/c1-8-12-15-29(10-3)24-43-27-32(37)22-35(23-33(38)28-44-25-30(11-4)16-13-9-2)18-17-34-21-31(36)26-42-19-14-20-45(39-5,40-6)41-7/h29-34,36-38H,8-28H2,1-7H3. The second-order valence-corrected chi connectivity index (χ2v) is 15.4. The molecule has 0 aliphatic carbocycles. The first-order valence-corrected chi connectivity index (χ1v) is 19.5. The average Bonchev–Trinajstić information content (AvgIpc) is 3.04. The summed E-state index contributed by atoms with van der Waals surface area (Å²) in [7, 11) is 2.17. The molecular weight excluding hydrogens is 596 g/mol. The van der Waals surface area contributed by atoms with E-state index in [1.54, 1.807) is 21.3 Å². The molecule has 0 heterocycles. The summed E-state index contributed by atoms with van der Waals surface area (Å²) in [5.41, 5.74) is 0. The summed E-state index contributed by atoms with van der Waals surface area (Å²) in [6, 6.07) is 0.643. The lowest BCUT2D eigenvalue weighted by atomic mass is 10.0. The zero-order chi connectivity index (χ0) is 33.8. The van der Waals surface area contributed by atoms with Gasteiger partial charge in [0.15, 0.2) is 0 Å². The van der Waals surface area contributed by atoms with E-state index in [1.165, 1.54) is 25.7 Å². The quantitative estimate of drug-likeness (QED) is 0.0591. The van der Waals surface area contributed by atoms with Crippen molar-refractivity contribution in [2.24, 2.45) is 11.8 Å². The van der Waals surface area contributed by atoms with Crippen molar-refractivity contribution in [3.63, 3.8) is 0 Å². The minimum absolute atomic E-state index is 0.221. The maximum absolute atomic E-state index is 10.8. The fraction of sp³-hybridized carbons (Fsp3) is 1.00. The second-order valence-electron chi connectivity index (χ2n) is 12.3. The lowest BCUT2D eigenvalue weighted by Crippen LogP contribution is -2.44. The minimum atomic E-state index is -2.61. The van der Waals surface area contributed by atoms with Crippen molar-refractivity contribution in [1.82, 2.24) is 10.2 Å². The smallest absolute Gasteiger partial charge is 0.389 e. The summed E-state index contributed by atoms with van der Waals surface area (Å²) < 4.78 is 33.7. The number of aliphatic hydroxyl groups is 3. The van der Waals surface area contributed by atoms with Crippen LogP contribution < -0.4 is 5.32 Å². The van der Waals surface area contributed by atoms with Gasteiger partial charge in [-0.25, -0.2) is 0 Å². The SMILES string of the molecule is CCCCC(CC)COCC(O)CN(CCNCC(O)COCCC[Si](OC)(OC)OC)CC(O)COCC(CC)CCCC. The number of aliphatic hydroxyl groups excluding tert-OH is 3. The fourth-order valence-corrected chi connectivity index (χ4v) is 6.92. The Morgan fingerprint density at radius 1 is 0.644 bits per heavy atom. The molecule has 0 saturated heterocycles. The van der Waals surface area contributed by atoms with Gasteiger partial charge in [-0.1, -0.05) is 66.2 Å². The first-order valence-electron chi connectivity index (χ1n) is 17.6. The molecule has 0 fully saturated rings. The van der Waals surface area contributed by atoms with Gasteiger partial charge in [0.2, 0.25) is 0 Å². The maximum atomic E-state index is 10.8. The van der Waals surface area contributed by atoms with E-state index in [0.717, 1.165) is 25.7 Å². The van der Waals surface area contributed by atoms with Crippen molar-refractivity contribution >= 4 is 8.80 Å². The molecule has 0 aliphatic rings. The van der Waals surface area contributed by atoms with Crippen LogP contribution in [-0.4, -0.2) is 141 Å². The molecule has 0 spiro atoms. The van der Waals surface area contributed by atoms with Crippen LogP contribution in [0, 0.1) is 11.8 Å². The van der Waals surface area contributed by atoms with Gasteiger partial charge in [-0.05, 0) is 31.1 Å². The van der Waals surface area contributed by atoms with Crippen LogP contribution in [0.3, 0.4) is 0 Å². The molecule has 0 rings (SSSR count). The molecule has 5 atom stereocenters. The average molecular weight is 669 g/mol. The fourth-order valence-electron chi connectivity index (χ4n) is 5.23. The summed E-state index contributed by atoms with van der Waals surface area (Å²) in [6.07, 6.45) is 7.95. The highest BCUT2D eigenvalue weighted by Crippen LogP contribution is 2.16. The van der Waals surface area contributed by atoms with Crippen LogP contribution in [0.25, 0.3) is 0 Å². The topological polar surface area (TPSA) is 131 Å². The molecule has 0 aromatic carbocycles. The Balaban J connectivity index is 4.67. The predicted molar refractivity (Wildman–Crippen MR) is 183 cm³/mol. The van der Waals surface area contributed by atoms with Crippen molar-refractivity contribution in [2.75, 3.05) is 93.7 Å². The van der Waals surface area contributed by atoms with E-state index in [4.69, 9.17) is 27.5 Å². The van der Waals surface area contributed by atoms with Crippen LogP contribution in [-0.2, 0) is 27.5 Å². The molecule has 0 amide bonds. The Morgan fingerprint density at radius 2 is 1.13 bits per heavy atom. The summed E-state index contributed by atoms with van der Waals surface area (Å²) in [6.45, 7) is 13.7. The third-order valence-corrected chi connectivity index (χ3v) is 11.2. The van der Waals surface area contributed by atoms with Gasteiger partial charge in [-0.15, -0.1) is 0 Å². The van der Waals surface area contributed by atoms with Gasteiger partial charge in [-0.3, -0.25) is 4.90 Å². The summed E-state index contributed by atoms with van der Waals surface area (Å²) in [4.78, 5) is 2.04. The van der Waals surface area contributed by atoms with Gasteiger partial charge >= 0.3 is 8.80 Å². The first-order chi connectivity index (χ1) is 21.7. The van der Waals surface area contributed by atoms with Crippen LogP contribution in [0.15, 0.2) is 0 Å². The van der Waals surface area contributed by atoms with Gasteiger partial charge in [-0.2, -0.15) is 0 Å². The van der Waals surface area contributed by atoms with Crippen LogP contribution in [0.4, 0.5) is 0 Å². The molecule has 0 radical (unpaired) electrons. The minimum Gasteiger partial charge on any atom is -0.389 e. The molecule has 45 heavy (non-hydrogen) atoms. The van der Waals surface area contributed by atoms with Crippen LogP contribution in [0.5, 0.6) is 0 Å². The molecule has 11 nitrogen and oxygen atoms in total. The van der Waals surface area contributed by atoms with Crippen molar-refractivity contribution in [1.29, 1.82) is 0 Å². The Morgan fingerprint density at radius 3 is 1.58 bits per heavy atom. The Labute approximate surface area is 277 Å². The number of hydrogen-bond acceptors (Lipinski definition) is 11. The van der Waals surface area contributed by atoms with Crippen LogP contribution in [0.2, 0.25) is 6.04 Å². The van der Waals surface area contributed by atoms with Crippen molar-refractivity contribution in [3.05, 3.63) is 0 Å². The van der Waals surface area contributed by atoms with Crippen LogP contribution in [0.1, 0.15) is 85.5 Å². The molecule has 12 heteroatoms. The lowest BCUT2D eigenvalue weighted by molar-refractivity contribution is -0.0204. The Kier molecular flexibility index (Phi) is 29.7. The van der Waals surface area contributed by atoms with E-state index in [2.05, 4.69) is 33.0 Å². The third-order valence-electron chi connectivity index (χ3n) is 8.35. The monoisotopic (exact) mass is 669 g/mol. The second kappa shape index (κ2) is 29.9. The largest absolute Gasteiger partial charge is 0.500 e. The number of ether oxygens (including phenoxy) is 3. The number of nitrogens with one attached hydrogen (secondary N) is 1. The van der Waals surface area contributed by atoms with Gasteiger partial charge in [0.05, 0.1) is 38.1 Å². The van der Waals surface area contributed by atoms with Gasteiger partial charge in [0.1, 0.15) is 0 Å². The molecule has 0 saturated carbocycles. The first kappa shape index (κ1) is 44.8. The number of unbranched alkanes of at least 4 members (excludes halogenated alkanes) is 2.